The molecule has 0 aliphatic carbocycles. The summed E-state index contributed by atoms with van der Waals surface area (Å²) >= 11 is 1.14. The van der Waals surface area contributed by atoms with Gasteiger partial charge in [0.05, 0.1) is 23.2 Å². The number of nitrogens with zero attached hydrogens (tertiary/aromatic N) is 2. The van der Waals surface area contributed by atoms with Crippen LogP contribution in [-0.4, -0.2) is 57.3 Å². The molecule has 13 heteroatoms. The van der Waals surface area contributed by atoms with E-state index >= 15 is 0 Å². The first-order valence-electron chi connectivity index (χ1n) is 12.8. The number of Topliss-reactive ketones (excluding diaryl/α,β-unsaturated/α-hetero) is 1. The lowest BCUT2D eigenvalue weighted by Gasteiger charge is -2.28. The van der Waals surface area contributed by atoms with Crippen molar-refractivity contribution in [2.24, 2.45) is 11.8 Å². The lowest BCUT2D eigenvalue weighted by atomic mass is 9.98. The third-order valence-corrected chi connectivity index (χ3v) is 7.02. The van der Waals surface area contributed by atoms with Gasteiger partial charge in [-0.15, -0.1) is 5.10 Å². The zero-order chi connectivity index (χ0) is 28.5. The zero-order valence-corrected chi connectivity index (χ0v) is 23.2. The number of aromatic nitrogens is 2. The van der Waals surface area contributed by atoms with Gasteiger partial charge in [0.2, 0.25) is 17.6 Å². The van der Waals surface area contributed by atoms with Gasteiger partial charge in [0.25, 0.3) is 5.91 Å². The minimum absolute atomic E-state index is 0.0393. The average Bonchev–Trinajstić information content (AvgIpc) is 3.37. The molecule has 2 heterocycles. The Hall–Kier alpha value is -3.87. The molecule has 0 bridgehead atoms. The van der Waals surface area contributed by atoms with Crippen molar-refractivity contribution in [1.82, 2.24) is 30.9 Å². The van der Waals surface area contributed by atoms with Crippen molar-refractivity contribution >= 4 is 41.1 Å². The van der Waals surface area contributed by atoms with Gasteiger partial charge in [0.15, 0.2) is 0 Å². The van der Waals surface area contributed by atoms with Crippen LogP contribution in [0.5, 0.6) is 0 Å². The molecule has 1 aliphatic heterocycles. The number of hydrogen-bond acceptors (Lipinski definition) is 9. The highest BCUT2D eigenvalue weighted by atomic mass is 32.1. The Morgan fingerprint density at radius 2 is 1.69 bits per heavy atom. The molecule has 12 nitrogen and oxygen atoms in total. The maximum Gasteiger partial charge on any atom is 0.408 e. The summed E-state index contributed by atoms with van der Waals surface area (Å²) in [5.74, 6) is -3.46. The molecule has 1 aliphatic rings. The third kappa shape index (κ3) is 8.31. The number of amides is 4. The first kappa shape index (κ1) is 29.7. The van der Waals surface area contributed by atoms with Crippen LogP contribution in [0.1, 0.15) is 50.3 Å². The number of alkyl carbamates (subject to hydrolysis) is 1. The van der Waals surface area contributed by atoms with Gasteiger partial charge in [-0.2, -0.15) is 0 Å². The second kappa shape index (κ2) is 13.8. The summed E-state index contributed by atoms with van der Waals surface area (Å²) in [4.78, 5) is 64.7. The van der Waals surface area contributed by atoms with Crippen LogP contribution in [0.25, 0.3) is 0 Å². The summed E-state index contributed by atoms with van der Waals surface area (Å²) in [7, 11) is 0. The van der Waals surface area contributed by atoms with Gasteiger partial charge < -0.3 is 26.0 Å². The maximum absolute atomic E-state index is 13.2. The molecule has 0 saturated carbocycles. The summed E-state index contributed by atoms with van der Waals surface area (Å²) in [5.41, 5.74) is 1.46. The van der Waals surface area contributed by atoms with E-state index in [1.165, 1.54) is 0 Å². The molecule has 3 unspecified atom stereocenters. The number of aryl methyl sites for hydroxylation is 1. The molecule has 210 valence electrons. The smallest absolute Gasteiger partial charge is 0.408 e. The van der Waals surface area contributed by atoms with Gasteiger partial charge in [0, 0.05) is 0 Å². The molecule has 4 N–H and O–H groups in total. The Morgan fingerprint density at radius 1 is 1.03 bits per heavy atom. The second-order valence-corrected chi connectivity index (χ2v) is 10.8. The summed E-state index contributed by atoms with van der Waals surface area (Å²) < 4.78 is 9.13. The van der Waals surface area contributed by atoms with Crippen LogP contribution < -0.4 is 21.3 Å². The van der Waals surface area contributed by atoms with E-state index in [9.17, 15) is 24.0 Å². The molecule has 0 saturated heterocycles. The summed E-state index contributed by atoms with van der Waals surface area (Å²) in [6, 6.07) is 6.01. The molecule has 3 atom stereocenters. The summed E-state index contributed by atoms with van der Waals surface area (Å²) in [6.07, 6.45) is -0.268. The largest absolute Gasteiger partial charge is 0.445 e. The van der Waals surface area contributed by atoms with E-state index < -0.39 is 47.7 Å². The minimum Gasteiger partial charge on any atom is -0.445 e. The van der Waals surface area contributed by atoms with Gasteiger partial charge in [-0.1, -0.05) is 62.5 Å². The Morgan fingerprint density at radius 3 is 2.36 bits per heavy atom. The fourth-order valence-electron chi connectivity index (χ4n) is 3.97. The molecule has 0 fully saturated rings. The van der Waals surface area contributed by atoms with Crippen LogP contribution in [0.2, 0.25) is 0 Å². The lowest BCUT2D eigenvalue weighted by molar-refractivity contribution is -0.140. The topological polar surface area (TPSA) is 168 Å². The molecule has 3 rings (SSSR count). The van der Waals surface area contributed by atoms with Crippen LogP contribution in [0.3, 0.4) is 0 Å². The summed E-state index contributed by atoms with van der Waals surface area (Å²) in [5, 5.41) is 14.5. The molecule has 2 aromatic rings. The Labute approximate surface area is 230 Å². The first-order valence-corrected chi connectivity index (χ1v) is 13.5. The second-order valence-electron chi connectivity index (χ2n) is 9.95. The van der Waals surface area contributed by atoms with Crippen LogP contribution in [0.4, 0.5) is 4.79 Å². The Kier molecular flexibility index (Phi) is 10.5. The van der Waals surface area contributed by atoms with E-state index in [2.05, 4.69) is 30.9 Å². The van der Waals surface area contributed by atoms with Crippen molar-refractivity contribution in [3.8, 4) is 0 Å². The predicted molar refractivity (Wildman–Crippen MR) is 142 cm³/mol. The number of rotatable bonds is 9. The number of hydrogen-bond donors (Lipinski definition) is 4. The first-order chi connectivity index (χ1) is 18.6. The maximum atomic E-state index is 13.2. The zero-order valence-electron chi connectivity index (χ0n) is 22.4. The number of benzene rings is 1. The SMILES string of the molecule is CC(C)C(NC(=O)OCc1ccccc1)C(=O)NC(C(=O)NC1CCc2nnsc2CNC(=O)C1=O)C(C)C. The third-order valence-electron chi connectivity index (χ3n) is 6.25. The van der Waals surface area contributed by atoms with Crippen molar-refractivity contribution in [2.75, 3.05) is 0 Å². The Bertz CT molecular complexity index is 1180. The van der Waals surface area contributed by atoms with Gasteiger partial charge in [0.1, 0.15) is 18.7 Å². The van der Waals surface area contributed by atoms with E-state index in [0.29, 0.717) is 12.1 Å². The van der Waals surface area contributed by atoms with E-state index in [1.54, 1.807) is 27.7 Å². The van der Waals surface area contributed by atoms with Crippen molar-refractivity contribution in [3.05, 3.63) is 46.5 Å². The average molecular weight is 559 g/mol. The van der Waals surface area contributed by atoms with Crippen molar-refractivity contribution < 1.29 is 28.7 Å². The van der Waals surface area contributed by atoms with Gasteiger partial charge in [-0.25, -0.2) is 4.79 Å². The fraction of sp³-hybridized carbons (Fsp3) is 0.500. The van der Waals surface area contributed by atoms with E-state index in [0.717, 1.165) is 22.0 Å². The van der Waals surface area contributed by atoms with Crippen molar-refractivity contribution in [2.45, 2.75) is 71.8 Å². The number of carbonyl (C=O) groups is 5. The monoisotopic (exact) mass is 558 g/mol. The fourth-order valence-corrected chi connectivity index (χ4v) is 4.60. The molecule has 1 aromatic heterocycles. The summed E-state index contributed by atoms with van der Waals surface area (Å²) in [6.45, 7) is 7.16. The quantitative estimate of drug-likeness (QED) is 0.333. The predicted octanol–water partition coefficient (Wildman–Crippen LogP) is 1.25. The van der Waals surface area contributed by atoms with Crippen LogP contribution in [0.15, 0.2) is 30.3 Å². The standard InChI is InChI=1S/C26H34N6O6S/c1-14(2)20(23(34)28-18-11-10-17-19(39-32-31-17)12-27-25(36)22(18)33)29-24(35)21(15(3)4)30-26(37)38-13-16-8-6-5-7-9-16/h5-9,14-15,18,20-21H,10-13H2,1-4H3,(H,27,36)(H,28,34)(H,29,35)(H,30,37). The molecule has 0 radical (unpaired) electrons. The van der Waals surface area contributed by atoms with Crippen LogP contribution >= 0.6 is 11.5 Å². The van der Waals surface area contributed by atoms with Gasteiger partial charge >= 0.3 is 6.09 Å². The molecule has 4 amide bonds. The number of fused-ring (bicyclic) bond motifs is 1. The highest BCUT2D eigenvalue weighted by Crippen LogP contribution is 2.16. The van der Waals surface area contributed by atoms with Crippen molar-refractivity contribution in [3.63, 3.8) is 0 Å². The molecule has 39 heavy (non-hydrogen) atoms. The van der Waals surface area contributed by atoms with Gasteiger partial charge in [-0.05, 0) is 41.8 Å². The number of nitrogens with one attached hydrogen (secondary N) is 4. The molecular formula is C26H34N6O6S. The van der Waals surface area contributed by atoms with E-state index in [-0.39, 0.29) is 31.4 Å². The van der Waals surface area contributed by atoms with E-state index in [1.807, 2.05) is 30.3 Å². The van der Waals surface area contributed by atoms with E-state index in [4.69, 9.17) is 4.74 Å². The van der Waals surface area contributed by atoms with Crippen LogP contribution in [0, 0.1) is 11.8 Å². The molecule has 0 spiro atoms. The van der Waals surface area contributed by atoms with Gasteiger partial charge in [-0.3, -0.25) is 19.2 Å². The normalized spacial score (nSPS) is 17.1. The molecular weight excluding hydrogens is 524 g/mol. The minimum atomic E-state index is -1.10. The molecule has 1 aromatic carbocycles. The lowest BCUT2D eigenvalue weighted by Crippen LogP contribution is -2.59. The highest BCUT2D eigenvalue weighted by molar-refractivity contribution is 7.05. The van der Waals surface area contributed by atoms with Crippen molar-refractivity contribution in [1.29, 1.82) is 0 Å². The van der Waals surface area contributed by atoms with Crippen LogP contribution in [-0.2, 0) is 43.5 Å². The number of ether oxygens (including phenoxy) is 1. The highest BCUT2D eigenvalue weighted by Gasteiger charge is 2.34. The number of ketones is 1. The Balaban J connectivity index is 1.64. The number of carbonyl (C=O) groups excluding carboxylic acids is 5.